The van der Waals surface area contributed by atoms with Gasteiger partial charge in [-0.15, -0.1) is 0 Å². The minimum atomic E-state index is -0.287. The zero-order valence-corrected chi connectivity index (χ0v) is 9.06. The highest BCUT2D eigenvalue weighted by molar-refractivity contribution is 5.82. The van der Waals surface area contributed by atoms with Gasteiger partial charge in [0.1, 0.15) is 0 Å². The summed E-state index contributed by atoms with van der Waals surface area (Å²) in [5, 5.41) is 9.42. The van der Waals surface area contributed by atoms with Crippen molar-refractivity contribution >= 4 is 5.91 Å². The maximum Gasteiger partial charge on any atom is 0.239 e. The molecule has 1 saturated heterocycles. The number of hydrogen-bond donors (Lipinski definition) is 2. The first-order chi connectivity index (χ1) is 7.16. The second-order valence-corrected chi connectivity index (χ2v) is 4.87. The molecule has 1 amide bonds. The Kier molecular flexibility index (Phi) is 3.26. The summed E-state index contributed by atoms with van der Waals surface area (Å²) in [6.07, 6.45) is 4.46. The summed E-state index contributed by atoms with van der Waals surface area (Å²) in [7, 11) is 0. The van der Waals surface area contributed by atoms with E-state index in [-0.39, 0.29) is 18.1 Å². The molecule has 2 fully saturated rings. The molecule has 0 aromatic heterocycles. The molecule has 15 heavy (non-hydrogen) atoms. The maximum atomic E-state index is 11.7. The van der Waals surface area contributed by atoms with Crippen molar-refractivity contribution in [2.45, 2.75) is 44.2 Å². The number of nitrogens with zero attached hydrogens (tertiary/aromatic N) is 1. The Balaban J connectivity index is 1.85. The number of piperidine rings is 1. The Bertz CT molecular complexity index is 245. The molecule has 4 nitrogen and oxygen atoms in total. The highest BCUT2D eigenvalue weighted by Gasteiger charge is 2.30. The normalized spacial score (nSPS) is 37.3. The molecule has 0 aromatic carbocycles. The monoisotopic (exact) mass is 212 g/mol. The summed E-state index contributed by atoms with van der Waals surface area (Å²) in [6, 6.07) is -0.287. The van der Waals surface area contributed by atoms with E-state index in [4.69, 9.17) is 5.73 Å². The second-order valence-electron chi connectivity index (χ2n) is 4.87. The fourth-order valence-corrected chi connectivity index (χ4v) is 2.68. The number of nitrogens with two attached hydrogens (primary N) is 1. The number of carbonyl (C=O) groups excluding carboxylic acids is 1. The van der Waals surface area contributed by atoms with Crippen LogP contribution in [0, 0.1) is 5.92 Å². The minimum Gasteiger partial charge on any atom is -0.393 e. The summed E-state index contributed by atoms with van der Waals surface area (Å²) in [4.78, 5) is 13.6. The van der Waals surface area contributed by atoms with Crippen molar-refractivity contribution in [3.8, 4) is 0 Å². The van der Waals surface area contributed by atoms with Gasteiger partial charge in [0.05, 0.1) is 12.1 Å². The largest absolute Gasteiger partial charge is 0.393 e. The third kappa shape index (κ3) is 2.49. The lowest BCUT2D eigenvalue weighted by molar-refractivity contribution is -0.135. The molecule has 0 aromatic rings. The quantitative estimate of drug-likeness (QED) is 0.682. The van der Waals surface area contributed by atoms with Crippen molar-refractivity contribution in [3.05, 3.63) is 0 Å². The van der Waals surface area contributed by atoms with Gasteiger partial charge >= 0.3 is 0 Å². The first-order valence-corrected chi connectivity index (χ1v) is 5.89. The van der Waals surface area contributed by atoms with E-state index in [9.17, 15) is 9.90 Å². The van der Waals surface area contributed by atoms with E-state index < -0.39 is 0 Å². The molecule has 3 N–H and O–H groups in total. The average molecular weight is 212 g/mol. The van der Waals surface area contributed by atoms with Crippen molar-refractivity contribution in [3.63, 3.8) is 0 Å². The third-order valence-corrected chi connectivity index (χ3v) is 3.56. The van der Waals surface area contributed by atoms with Gasteiger partial charge in [0, 0.05) is 13.1 Å². The van der Waals surface area contributed by atoms with Crippen LogP contribution in [0.1, 0.15) is 32.1 Å². The van der Waals surface area contributed by atoms with Gasteiger partial charge in [0.15, 0.2) is 0 Å². The van der Waals surface area contributed by atoms with Gasteiger partial charge in [-0.05, 0) is 38.0 Å². The highest BCUT2D eigenvalue weighted by atomic mass is 16.3. The zero-order chi connectivity index (χ0) is 10.8. The molecule has 0 bridgehead atoms. The van der Waals surface area contributed by atoms with Crippen molar-refractivity contribution in [1.82, 2.24) is 4.90 Å². The molecular formula is C11H20N2O2. The summed E-state index contributed by atoms with van der Waals surface area (Å²) in [5.74, 6) is 0.580. The topological polar surface area (TPSA) is 66.6 Å². The van der Waals surface area contributed by atoms with E-state index in [2.05, 4.69) is 0 Å². The Morgan fingerprint density at radius 3 is 2.87 bits per heavy atom. The van der Waals surface area contributed by atoms with Crippen LogP contribution >= 0.6 is 0 Å². The molecule has 2 rings (SSSR count). The fraction of sp³-hybridized carbons (Fsp3) is 0.909. The van der Waals surface area contributed by atoms with Gasteiger partial charge in [-0.1, -0.05) is 0 Å². The highest BCUT2D eigenvalue weighted by Crippen LogP contribution is 2.27. The van der Waals surface area contributed by atoms with Gasteiger partial charge in [0.25, 0.3) is 0 Å². The Morgan fingerprint density at radius 2 is 2.20 bits per heavy atom. The van der Waals surface area contributed by atoms with E-state index in [1.54, 1.807) is 0 Å². The van der Waals surface area contributed by atoms with E-state index in [0.717, 1.165) is 45.2 Å². The maximum absolute atomic E-state index is 11.7. The molecule has 0 radical (unpaired) electrons. The third-order valence-electron chi connectivity index (χ3n) is 3.56. The Morgan fingerprint density at radius 1 is 1.40 bits per heavy atom. The van der Waals surface area contributed by atoms with E-state index >= 15 is 0 Å². The van der Waals surface area contributed by atoms with Crippen molar-refractivity contribution in [2.75, 3.05) is 13.1 Å². The molecule has 3 atom stereocenters. The number of aliphatic hydroxyl groups excluding tert-OH is 1. The molecule has 4 heteroatoms. The molecular weight excluding hydrogens is 192 g/mol. The number of carbonyl (C=O) groups is 1. The predicted molar refractivity (Wildman–Crippen MR) is 57.1 cm³/mol. The molecule has 86 valence electrons. The first kappa shape index (κ1) is 10.9. The number of rotatable bonds is 2. The van der Waals surface area contributed by atoms with Crippen LogP contribution in [0.4, 0.5) is 0 Å². The van der Waals surface area contributed by atoms with Crippen LogP contribution in [0.25, 0.3) is 0 Å². The standard InChI is InChI=1S/C11H20N2O2/c12-10-2-1-5-13(11(10)15)7-8-3-4-9(14)6-8/h8-10,14H,1-7,12H2. The summed E-state index contributed by atoms with van der Waals surface area (Å²) in [6.45, 7) is 1.64. The molecule has 1 aliphatic heterocycles. The predicted octanol–water partition coefficient (Wildman–Crippen LogP) is 0.0971. The fourth-order valence-electron chi connectivity index (χ4n) is 2.68. The van der Waals surface area contributed by atoms with Crippen LogP contribution in [-0.4, -0.2) is 41.1 Å². The number of hydrogen-bond acceptors (Lipinski definition) is 3. The van der Waals surface area contributed by atoms with Crippen LogP contribution in [0.5, 0.6) is 0 Å². The van der Waals surface area contributed by atoms with Crippen molar-refractivity contribution < 1.29 is 9.90 Å². The van der Waals surface area contributed by atoms with E-state index in [0.29, 0.717) is 5.92 Å². The second kappa shape index (κ2) is 4.49. The first-order valence-electron chi connectivity index (χ1n) is 5.89. The number of likely N-dealkylation sites (tertiary alicyclic amines) is 1. The SMILES string of the molecule is NC1CCCN(CC2CCC(O)C2)C1=O. The molecule has 1 saturated carbocycles. The van der Waals surface area contributed by atoms with Crippen LogP contribution in [0.15, 0.2) is 0 Å². The summed E-state index contributed by atoms with van der Waals surface area (Å²) >= 11 is 0. The molecule has 1 aliphatic carbocycles. The Hall–Kier alpha value is -0.610. The molecule has 0 spiro atoms. The van der Waals surface area contributed by atoms with Gasteiger partial charge in [-0.3, -0.25) is 4.79 Å². The lowest BCUT2D eigenvalue weighted by atomic mass is 10.0. The van der Waals surface area contributed by atoms with Gasteiger partial charge in [-0.2, -0.15) is 0 Å². The minimum absolute atomic E-state index is 0.0997. The lowest BCUT2D eigenvalue weighted by Crippen LogP contribution is -2.49. The summed E-state index contributed by atoms with van der Waals surface area (Å²) < 4.78 is 0. The van der Waals surface area contributed by atoms with Gasteiger partial charge < -0.3 is 15.7 Å². The molecule has 2 aliphatic rings. The van der Waals surface area contributed by atoms with Crippen molar-refractivity contribution in [2.24, 2.45) is 11.7 Å². The van der Waals surface area contributed by atoms with Crippen LogP contribution < -0.4 is 5.73 Å². The van der Waals surface area contributed by atoms with Crippen LogP contribution in [-0.2, 0) is 4.79 Å². The smallest absolute Gasteiger partial charge is 0.239 e. The Labute approximate surface area is 90.4 Å². The number of aliphatic hydroxyl groups is 1. The molecule has 3 unspecified atom stereocenters. The lowest BCUT2D eigenvalue weighted by Gasteiger charge is -2.32. The van der Waals surface area contributed by atoms with Gasteiger partial charge in [-0.25, -0.2) is 0 Å². The molecule has 1 heterocycles. The van der Waals surface area contributed by atoms with Gasteiger partial charge in [0.2, 0.25) is 5.91 Å². The van der Waals surface area contributed by atoms with Crippen LogP contribution in [0.2, 0.25) is 0 Å². The van der Waals surface area contributed by atoms with Crippen molar-refractivity contribution in [1.29, 1.82) is 0 Å². The van der Waals surface area contributed by atoms with Crippen LogP contribution in [0.3, 0.4) is 0 Å². The zero-order valence-electron chi connectivity index (χ0n) is 9.06. The van der Waals surface area contributed by atoms with E-state index in [1.807, 2.05) is 4.90 Å². The number of amides is 1. The average Bonchev–Trinajstić information content (AvgIpc) is 2.59. The van der Waals surface area contributed by atoms with E-state index in [1.165, 1.54) is 0 Å². The summed E-state index contributed by atoms with van der Waals surface area (Å²) in [5.41, 5.74) is 5.73.